The monoisotopic (exact) mass is 468 g/mol. The van der Waals surface area contributed by atoms with Gasteiger partial charge in [0.25, 0.3) is 0 Å². The zero-order chi connectivity index (χ0) is 20.2. The molecule has 0 aliphatic carbocycles. The van der Waals surface area contributed by atoms with E-state index in [1.165, 1.54) is 11.8 Å². The van der Waals surface area contributed by atoms with Crippen LogP contribution in [0.2, 0.25) is 0 Å². The van der Waals surface area contributed by atoms with Gasteiger partial charge in [0.15, 0.2) is 10.9 Å². The van der Waals surface area contributed by atoms with Crippen LogP contribution in [-0.4, -0.2) is 25.9 Å². The summed E-state index contributed by atoms with van der Waals surface area (Å²) in [7, 11) is 0. The predicted molar refractivity (Wildman–Crippen MR) is 117 cm³/mol. The summed E-state index contributed by atoms with van der Waals surface area (Å²) in [4.78, 5) is 12.7. The van der Waals surface area contributed by atoms with E-state index in [1.807, 2.05) is 72.2 Å². The topological polar surface area (TPSA) is 73.0 Å². The first kappa shape index (κ1) is 19.5. The van der Waals surface area contributed by atoms with Gasteiger partial charge in [-0.1, -0.05) is 52.0 Å². The summed E-state index contributed by atoms with van der Waals surface area (Å²) in [6, 6.07) is 20.9. The number of para-hydroxylation sites is 1. The molecule has 0 bridgehead atoms. The number of furan rings is 1. The Kier molecular flexibility index (Phi) is 5.82. The molecule has 4 aromatic rings. The summed E-state index contributed by atoms with van der Waals surface area (Å²) in [5, 5.41) is 11.8. The maximum absolute atomic E-state index is 12.7. The lowest BCUT2D eigenvalue weighted by molar-refractivity contribution is -0.115. The highest BCUT2D eigenvalue weighted by Gasteiger charge is 2.23. The molecule has 0 fully saturated rings. The Morgan fingerprint density at radius 2 is 1.93 bits per heavy atom. The van der Waals surface area contributed by atoms with Crippen molar-refractivity contribution in [3.05, 3.63) is 77.5 Å². The van der Waals surface area contributed by atoms with Crippen molar-refractivity contribution in [3.63, 3.8) is 0 Å². The SMILES string of the molecule is CC(Sc1nnc(-c2ccco2)n1-c1ccccc1)C(=O)Nc1cccc(Br)c1. The molecule has 0 aliphatic heterocycles. The second-order valence-electron chi connectivity index (χ2n) is 6.21. The average Bonchev–Trinajstić information content (AvgIpc) is 3.38. The van der Waals surface area contributed by atoms with E-state index in [0.29, 0.717) is 16.7 Å². The minimum atomic E-state index is -0.384. The molecule has 0 saturated heterocycles. The molecule has 8 heteroatoms. The molecular formula is C21H17BrN4O2S. The fourth-order valence-electron chi connectivity index (χ4n) is 2.74. The number of benzene rings is 2. The molecule has 1 unspecified atom stereocenters. The Balaban J connectivity index is 1.60. The van der Waals surface area contributed by atoms with Crippen molar-refractivity contribution in [1.82, 2.24) is 14.8 Å². The number of aromatic nitrogens is 3. The Labute approximate surface area is 180 Å². The Morgan fingerprint density at radius 3 is 2.66 bits per heavy atom. The number of nitrogens with zero attached hydrogens (tertiary/aromatic N) is 3. The van der Waals surface area contributed by atoms with Crippen LogP contribution in [0.3, 0.4) is 0 Å². The van der Waals surface area contributed by atoms with Crippen molar-refractivity contribution < 1.29 is 9.21 Å². The first-order chi connectivity index (χ1) is 14.1. The zero-order valence-electron chi connectivity index (χ0n) is 15.4. The zero-order valence-corrected chi connectivity index (χ0v) is 17.9. The molecule has 0 aliphatic rings. The van der Waals surface area contributed by atoms with Crippen LogP contribution in [0.4, 0.5) is 5.69 Å². The van der Waals surface area contributed by atoms with Gasteiger partial charge < -0.3 is 9.73 Å². The summed E-state index contributed by atoms with van der Waals surface area (Å²) in [6.45, 7) is 1.84. The molecule has 1 N–H and O–H groups in total. The summed E-state index contributed by atoms with van der Waals surface area (Å²) in [5.74, 6) is 1.08. The third-order valence-corrected chi connectivity index (χ3v) is 5.67. The van der Waals surface area contributed by atoms with Crippen LogP contribution < -0.4 is 5.32 Å². The van der Waals surface area contributed by atoms with Gasteiger partial charge in [-0.2, -0.15) is 0 Å². The van der Waals surface area contributed by atoms with Gasteiger partial charge in [-0.3, -0.25) is 9.36 Å². The fourth-order valence-corrected chi connectivity index (χ4v) is 4.01. The van der Waals surface area contributed by atoms with Gasteiger partial charge in [-0.15, -0.1) is 10.2 Å². The number of nitrogens with one attached hydrogen (secondary N) is 1. The third kappa shape index (κ3) is 4.44. The van der Waals surface area contributed by atoms with Crippen LogP contribution in [0, 0.1) is 0 Å². The Hall–Kier alpha value is -2.84. The van der Waals surface area contributed by atoms with E-state index in [9.17, 15) is 4.79 Å². The summed E-state index contributed by atoms with van der Waals surface area (Å²) >= 11 is 4.75. The average molecular weight is 469 g/mol. The molecule has 0 saturated carbocycles. The van der Waals surface area contributed by atoms with Gasteiger partial charge in [-0.25, -0.2) is 0 Å². The number of carbonyl (C=O) groups is 1. The molecule has 29 heavy (non-hydrogen) atoms. The first-order valence-electron chi connectivity index (χ1n) is 8.89. The fraction of sp³-hybridized carbons (Fsp3) is 0.0952. The molecule has 6 nitrogen and oxygen atoms in total. The Morgan fingerprint density at radius 1 is 1.10 bits per heavy atom. The van der Waals surface area contributed by atoms with Gasteiger partial charge >= 0.3 is 0 Å². The van der Waals surface area contributed by atoms with Crippen LogP contribution in [0.5, 0.6) is 0 Å². The number of halogens is 1. The second-order valence-corrected chi connectivity index (χ2v) is 8.44. The van der Waals surface area contributed by atoms with E-state index < -0.39 is 0 Å². The van der Waals surface area contributed by atoms with Crippen molar-refractivity contribution in [1.29, 1.82) is 0 Å². The molecular weight excluding hydrogens is 452 g/mol. The number of anilines is 1. The lowest BCUT2D eigenvalue weighted by atomic mass is 10.3. The standard InChI is InChI=1S/C21H17BrN4O2S/c1-14(20(27)23-16-8-5-7-15(22)13-16)29-21-25-24-19(18-11-6-12-28-18)26(21)17-9-3-2-4-10-17/h2-14H,1H3,(H,23,27). The second kappa shape index (κ2) is 8.67. The maximum atomic E-state index is 12.7. The quantitative estimate of drug-likeness (QED) is 0.383. The van der Waals surface area contributed by atoms with Gasteiger partial charge in [-0.05, 0) is 49.4 Å². The molecule has 2 heterocycles. The van der Waals surface area contributed by atoms with Gasteiger partial charge in [0.1, 0.15) is 0 Å². The molecule has 2 aromatic carbocycles. The van der Waals surface area contributed by atoms with Gasteiger partial charge in [0.2, 0.25) is 11.7 Å². The maximum Gasteiger partial charge on any atom is 0.237 e. The van der Waals surface area contributed by atoms with Crippen molar-refractivity contribution in [2.24, 2.45) is 0 Å². The van der Waals surface area contributed by atoms with Crippen molar-refractivity contribution in [3.8, 4) is 17.3 Å². The lowest BCUT2D eigenvalue weighted by Crippen LogP contribution is -2.22. The lowest BCUT2D eigenvalue weighted by Gasteiger charge is -2.13. The highest BCUT2D eigenvalue weighted by atomic mass is 79.9. The van der Waals surface area contributed by atoms with Crippen molar-refractivity contribution in [2.75, 3.05) is 5.32 Å². The third-order valence-electron chi connectivity index (χ3n) is 4.13. The van der Waals surface area contributed by atoms with Gasteiger partial charge in [0, 0.05) is 15.8 Å². The number of rotatable bonds is 6. The van der Waals surface area contributed by atoms with Crippen LogP contribution in [-0.2, 0) is 4.79 Å². The minimum Gasteiger partial charge on any atom is -0.461 e. The predicted octanol–water partition coefficient (Wildman–Crippen LogP) is 5.41. The molecule has 4 rings (SSSR count). The van der Waals surface area contributed by atoms with Crippen LogP contribution in [0.1, 0.15) is 6.92 Å². The summed E-state index contributed by atoms with van der Waals surface area (Å²) in [6.07, 6.45) is 1.60. The van der Waals surface area contributed by atoms with Gasteiger partial charge in [0.05, 0.1) is 11.5 Å². The van der Waals surface area contributed by atoms with Crippen molar-refractivity contribution >= 4 is 39.3 Å². The van der Waals surface area contributed by atoms with Crippen LogP contribution >= 0.6 is 27.7 Å². The highest BCUT2D eigenvalue weighted by Crippen LogP contribution is 2.30. The summed E-state index contributed by atoms with van der Waals surface area (Å²) in [5.41, 5.74) is 1.63. The number of thioether (sulfide) groups is 1. The number of carbonyl (C=O) groups excluding carboxylic acids is 1. The van der Waals surface area contributed by atoms with E-state index in [-0.39, 0.29) is 11.2 Å². The molecule has 0 radical (unpaired) electrons. The molecule has 146 valence electrons. The van der Waals surface area contributed by atoms with Crippen LogP contribution in [0.25, 0.3) is 17.3 Å². The smallest absolute Gasteiger partial charge is 0.237 e. The van der Waals surface area contributed by atoms with E-state index in [2.05, 4.69) is 31.4 Å². The molecule has 0 spiro atoms. The van der Waals surface area contributed by atoms with E-state index >= 15 is 0 Å². The molecule has 1 amide bonds. The first-order valence-corrected chi connectivity index (χ1v) is 10.6. The van der Waals surface area contributed by atoms with E-state index in [4.69, 9.17) is 4.42 Å². The van der Waals surface area contributed by atoms with Crippen LogP contribution in [0.15, 0.2) is 87.0 Å². The normalized spacial score (nSPS) is 11.9. The minimum absolute atomic E-state index is 0.115. The highest BCUT2D eigenvalue weighted by molar-refractivity contribution is 9.10. The van der Waals surface area contributed by atoms with Crippen molar-refractivity contribution in [2.45, 2.75) is 17.3 Å². The van der Waals surface area contributed by atoms with E-state index in [1.54, 1.807) is 12.3 Å². The number of hydrogen-bond donors (Lipinski definition) is 1. The molecule has 2 aromatic heterocycles. The summed E-state index contributed by atoms with van der Waals surface area (Å²) < 4.78 is 8.32. The molecule has 1 atom stereocenters. The number of hydrogen-bond acceptors (Lipinski definition) is 5. The largest absolute Gasteiger partial charge is 0.461 e. The number of amides is 1. The van der Waals surface area contributed by atoms with E-state index in [0.717, 1.165) is 15.8 Å². The Bertz CT molecular complexity index is 1110.